The molecule has 0 aliphatic rings. The Balaban J connectivity index is 1.31. The third kappa shape index (κ3) is 3.98. The van der Waals surface area contributed by atoms with E-state index in [1.165, 1.54) is 0 Å². The number of hydrogen-bond acceptors (Lipinski definition) is 6. The zero-order chi connectivity index (χ0) is 21.9. The van der Waals surface area contributed by atoms with E-state index < -0.39 is 0 Å². The average molecular weight is 424 g/mol. The normalized spacial score (nSPS) is 11.0. The lowest BCUT2D eigenvalue weighted by atomic mass is 10.1. The van der Waals surface area contributed by atoms with Crippen molar-refractivity contribution < 1.29 is 19.7 Å². The van der Waals surface area contributed by atoms with Crippen LogP contribution < -0.4 is 9.47 Å². The van der Waals surface area contributed by atoms with Crippen LogP contribution in [0.25, 0.3) is 21.8 Å². The van der Waals surface area contributed by atoms with Crippen LogP contribution in [0.15, 0.2) is 84.9 Å². The first-order valence-corrected chi connectivity index (χ1v) is 10.2. The van der Waals surface area contributed by atoms with E-state index in [2.05, 4.69) is 9.97 Å². The van der Waals surface area contributed by atoms with Crippen LogP contribution in [0.1, 0.15) is 11.1 Å². The van der Waals surface area contributed by atoms with E-state index >= 15 is 0 Å². The number of fused-ring (bicyclic) bond motifs is 2. The monoisotopic (exact) mass is 424 g/mol. The summed E-state index contributed by atoms with van der Waals surface area (Å²) in [6, 6.07) is 25.7. The van der Waals surface area contributed by atoms with E-state index in [-0.39, 0.29) is 11.5 Å². The Morgan fingerprint density at radius 1 is 0.531 bits per heavy atom. The molecule has 3 aromatic carbocycles. The van der Waals surface area contributed by atoms with Gasteiger partial charge in [-0.1, -0.05) is 48.5 Å². The molecule has 0 fully saturated rings. The molecule has 158 valence electrons. The number of pyridine rings is 2. The number of hydrogen-bond donors (Lipinski definition) is 2. The number of ether oxygens (including phenoxy) is 2. The first-order chi connectivity index (χ1) is 15.7. The first kappa shape index (κ1) is 19.6. The summed E-state index contributed by atoms with van der Waals surface area (Å²) in [5.74, 6) is 1.11. The maximum absolute atomic E-state index is 10.0. The van der Waals surface area contributed by atoms with Crippen LogP contribution in [0.5, 0.6) is 23.3 Å². The van der Waals surface area contributed by atoms with Crippen LogP contribution in [-0.4, -0.2) is 20.2 Å². The second kappa shape index (κ2) is 8.43. The fraction of sp³-hybridized carbons (Fsp3) is 0.0769. The van der Waals surface area contributed by atoms with Gasteiger partial charge in [-0.3, -0.25) is 0 Å². The van der Waals surface area contributed by atoms with Gasteiger partial charge in [-0.2, -0.15) is 0 Å². The SMILES string of the molecule is Oc1cccc2ccc(OCc3ccccc3COc3ccc4cccc(O)c4n3)nc12. The highest BCUT2D eigenvalue weighted by Gasteiger charge is 2.08. The lowest BCUT2D eigenvalue weighted by Gasteiger charge is -2.12. The maximum atomic E-state index is 10.0. The predicted octanol–water partition coefficient (Wildman–Crippen LogP) is 5.35. The van der Waals surface area contributed by atoms with Gasteiger partial charge in [-0.05, 0) is 35.4 Å². The van der Waals surface area contributed by atoms with E-state index in [1.807, 2.05) is 48.5 Å². The van der Waals surface area contributed by atoms with Gasteiger partial charge < -0.3 is 19.7 Å². The van der Waals surface area contributed by atoms with E-state index in [0.717, 1.165) is 21.9 Å². The Morgan fingerprint density at radius 3 is 1.47 bits per heavy atom. The molecule has 0 saturated heterocycles. The Labute approximate surface area is 184 Å². The Bertz CT molecular complexity index is 1310. The second-order valence-corrected chi connectivity index (χ2v) is 7.34. The number of phenolic OH excluding ortho intramolecular Hbond substituents is 2. The largest absolute Gasteiger partial charge is 0.506 e. The highest BCUT2D eigenvalue weighted by molar-refractivity contribution is 5.85. The van der Waals surface area contributed by atoms with Crippen molar-refractivity contribution in [2.45, 2.75) is 13.2 Å². The molecule has 5 aromatic rings. The molecule has 0 atom stereocenters. The van der Waals surface area contributed by atoms with Crippen molar-refractivity contribution in [3.8, 4) is 23.3 Å². The summed E-state index contributed by atoms with van der Waals surface area (Å²) in [6.07, 6.45) is 0. The second-order valence-electron chi connectivity index (χ2n) is 7.34. The third-order valence-electron chi connectivity index (χ3n) is 5.22. The molecule has 0 spiro atoms. The number of rotatable bonds is 6. The summed E-state index contributed by atoms with van der Waals surface area (Å²) in [5.41, 5.74) is 2.92. The molecule has 6 nitrogen and oxygen atoms in total. The van der Waals surface area contributed by atoms with Gasteiger partial charge in [-0.25, -0.2) is 9.97 Å². The number of para-hydroxylation sites is 2. The molecule has 0 aliphatic carbocycles. The molecular weight excluding hydrogens is 404 g/mol. The zero-order valence-corrected chi connectivity index (χ0v) is 17.1. The maximum Gasteiger partial charge on any atom is 0.214 e. The fourth-order valence-corrected chi connectivity index (χ4v) is 3.53. The van der Waals surface area contributed by atoms with Gasteiger partial charge in [0.05, 0.1) is 0 Å². The lowest BCUT2D eigenvalue weighted by molar-refractivity contribution is 0.275. The molecule has 0 amide bonds. The third-order valence-corrected chi connectivity index (χ3v) is 5.22. The Morgan fingerprint density at radius 2 is 1.00 bits per heavy atom. The fourth-order valence-electron chi connectivity index (χ4n) is 3.53. The standard InChI is InChI=1S/C26H20N2O4/c29-21-9-3-7-17-11-13-23(27-25(17)21)31-15-19-5-1-2-6-20(19)16-32-24-14-12-18-8-4-10-22(30)26(18)28-24/h1-14,29-30H,15-16H2. The van der Waals surface area contributed by atoms with Gasteiger partial charge in [0.1, 0.15) is 35.7 Å². The molecule has 5 rings (SSSR count). The number of nitrogens with zero attached hydrogens (tertiary/aromatic N) is 2. The molecular formula is C26H20N2O4. The first-order valence-electron chi connectivity index (χ1n) is 10.2. The van der Waals surface area contributed by atoms with Crippen molar-refractivity contribution in [3.63, 3.8) is 0 Å². The molecule has 0 saturated carbocycles. The molecule has 0 radical (unpaired) electrons. The Hall–Kier alpha value is -4.32. The van der Waals surface area contributed by atoms with Gasteiger partial charge in [0.25, 0.3) is 0 Å². The van der Waals surface area contributed by atoms with Gasteiger partial charge in [0, 0.05) is 22.9 Å². The smallest absolute Gasteiger partial charge is 0.214 e. The highest BCUT2D eigenvalue weighted by Crippen LogP contribution is 2.26. The summed E-state index contributed by atoms with van der Waals surface area (Å²) < 4.78 is 11.8. The minimum absolute atomic E-state index is 0.121. The lowest BCUT2D eigenvalue weighted by Crippen LogP contribution is -2.05. The summed E-state index contributed by atoms with van der Waals surface area (Å²) in [5, 5.41) is 21.8. The molecule has 0 aliphatic heterocycles. The van der Waals surface area contributed by atoms with E-state index in [4.69, 9.17) is 9.47 Å². The van der Waals surface area contributed by atoms with Gasteiger partial charge >= 0.3 is 0 Å². The van der Waals surface area contributed by atoms with Crippen molar-refractivity contribution in [2.75, 3.05) is 0 Å². The molecule has 32 heavy (non-hydrogen) atoms. The number of benzene rings is 3. The summed E-state index contributed by atoms with van der Waals surface area (Å²) >= 11 is 0. The summed E-state index contributed by atoms with van der Waals surface area (Å²) in [6.45, 7) is 0.606. The van der Waals surface area contributed by atoms with Crippen molar-refractivity contribution in [3.05, 3.63) is 96.1 Å². The highest BCUT2D eigenvalue weighted by atomic mass is 16.5. The van der Waals surface area contributed by atoms with Crippen LogP contribution in [0.4, 0.5) is 0 Å². The number of aromatic nitrogens is 2. The summed E-state index contributed by atoms with van der Waals surface area (Å²) in [7, 11) is 0. The molecule has 2 N–H and O–H groups in total. The van der Waals surface area contributed by atoms with Crippen molar-refractivity contribution in [2.24, 2.45) is 0 Å². The van der Waals surface area contributed by atoms with Gasteiger partial charge in [-0.15, -0.1) is 0 Å². The number of phenols is 2. The topological polar surface area (TPSA) is 84.7 Å². The quantitative estimate of drug-likeness (QED) is 0.382. The molecule has 6 heteroatoms. The van der Waals surface area contributed by atoms with Crippen LogP contribution in [-0.2, 0) is 13.2 Å². The van der Waals surface area contributed by atoms with Crippen LogP contribution >= 0.6 is 0 Å². The van der Waals surface area contributed by atoms with Crippen molar-refractivity contribution in [1.29, 1.82) is 0 Å². The van der Waals surface area contributed by atoms with Crippen LogP contribution in [0.3, 0.4) is 0 Å². The van der Waals surface area contributed by atoms with Crippen molar-refractivity contribution >= 4 is 21.8 Å². The average Bonchev–Trinajstić information content (AvgIpc) is 2.83. The van der Waals surface area contributed by atoms with E-state index in [0.29, 0.717) is 36.0 Å². The van der Waals surface area contributed by atoms with Gasteiger partial charge in [0.15, 0.2) is 0 Å². The predicted molar refractivity (Wildman–Crippen MR) is 122 cm³/mol. The van der Waals surface area contributed by atoms with Crippen LogP contribution in [0, 0.1) is 0 Å². The molecule has 2 aromatic heterocycles. The minimum Gasteiger partial charge on any atom is -0.506 e. The molecule has 0 bridgehead atoms. The van der Waals surface area contributed by atoms with Gasteiger partial charge in [0.2, 0.25) is 11.8 Å². The molecule has 2 heterocycles. The number of aromatic hydroxyl groups is 2. The van der Waals surface area contributed by atoms with E-state index in [9.17, 15) is 10.2 Å². The van der Waals surface area contributed by atoms with E-state index in [1.54, 1.807) is 36.4 Å². The Kier molecular flexibility index (Phi) is 5.17. The zero-order valence-electron chi connectivity index (χ0n) is 17.1. The van der Waals surface area contributed by atoms with Crippen LogP contribution in [0.2, 0.25) is 0 Å². The van der Waals surface area contributed by atoms with Crippen molar-refractivity contribution in [1.82, 2.24) is 9.97 Å². The minimum atomic E-state index is 0.121. The molecule has 0 unspecified atom stereocenters. The summed E-state index contributed by atoms with van der Waals surface area (Å²) in [4.78, 5) is 8.83.